The van der Waals surface area contributed by atoms with Crippen LogP contribution in [0.3, 0.4) is 0 Å². The molecule has 0 bridgehead atoms. The van der Waals surface area contributed by atoms with Gasteiger partial charge in [-0.05, 0) is 35.7 Å². The molecule has 1 unspecified atom stereocenters. The number of amides is 2. The summed E-state index contributed by atoms with van der Waals surface area (Å²) in [5, 5.41) is 5.39. The quantitative estimate of drug-likeness (QED) is 0.857. The van der Waals surface area contributed by atoms with Crippen molar-refractivity contribution in [3.63, 3.8) is 0 Å². The molecule has 0 aromatic heterocycles. The summed E-state index contributed by atoms with van der Waals surface area (Å²) in [6, 6.07) is 14.6. The first-order chi connectivity index (χ1) is 11.5. The number of ether oxygens (including phenoxy) is 1. The standard InChI is InChI=1S/C19H22N2O3/c1-13(14-8-10-15(24-3)11-9-14)12-18(22)21-17-7-5-4-6-16(17)19(23)20-2/h4-11,13H,12H2,1-3H3,(H,20,23)(H,21,22). The van der Waals surface area contributed by atoms with Crippen molar-refractivity contribution in [2.24, 2.45) is 0 Å². The smallest absolute Gasteiger partial charge is 0.253 e. The first-order valence-electron chi connectivity index (χ1n) is 7.80. The minimum atomic E-state index is -0.228. The van der Waals surface area contributed by atoms with Gasteiger partial charge in [-0.15, -0.1) is 0 Å². The van der Waals surface area contributed by atoms with Gasteiger partial charge in [0.05, 0.1) is 18.4 Å². The number of hydrogen-bond acceptors (Lipinski definition) is 3. The Morgan fingerprint density at radius 2 is 1.75 bits per heavy atom. The van der Waals surface area contributed by atoms with Gasteiger partial charge in [-0.3, -0.25) is 9.59 Å². The van der Waals surface area contributed by atoms with Gasteiger partial charge in [0.2, 0.25) is 5.91 Å². The molecule has 126 valence electrons. The van der Waals surface area contributed by atoms with Gasteiger partial charge >= 0.3 is 0 Å². The van der Waals surface area contributed by atoms with Crippen LogP contribution in [0.4, 0.5) is 5.69 Å². The van der Waals surface area contributed by atoms with Crippen molar-refractivity contribution in [2.75, 3.05) is 19.5 Å². The Kier molecular flexibility index (Phi) is 5.95. The molecule has 1 atom stereocenters. The molecule has 0 saturated carbocycles. The van der Waals surface area contributed by atoms with E-state index in [1.165, 1.54) is 0 Å². The van der Waals surface area contributed by atoms with Crippen molar-refractivity contribution >= 4 is 17.5 Å². The van der Waals surface area contributed by atoms with Crippen LogP contribution in [0, 0.1) is 0 Å². The van der Waals surface area contributed by atoms with Crippen LogP contribution in [0.15, 0.2) is 48.5 Å². The van der Waals surface area contributed by atoms with Crippen LogP contribution < -0.4 is 15.4 Å². The largest absolute Gasteiger partial charge is 0.497 e. The fourth-order valence-electron chi connectivity index (χ4n) is 2.45. The third-order valence-corrected chi connectivity index (χ3v) is 3.85. The highest BCUT2D eigenvalue weighted by Gasteiger charge is 2.15. The molecular formula is C19H22N2O3. The average Bonchev–Trinajstić information content (AvgIpc) is 2.61. The summed E-state index contributed by atoms with van der Waals surface area (Å²) in [5.41, 5.74) is 2.03. The normalized spacial score (nSPS) is 11.5. The Morgan fingerprint density at radius 3 is 2.38 bits per heavy atom. The van der Waals surface area contributed by atoms with Gasteiger partial charge in [0.15, 0.2) is 0 Å². The van der Waals surface area contributed by atoms with Crippen LogP contribution >= 0.6 is 0 Å². The number of carbonyl (C=O) groups excluding carboxylic acids is 2. The minimum Gasteiger partial charge on any atom is -0.497 e. The molecule has 0 heterocycles. The van der Waals surface area contributed by atoms with Crippen molar-refractivity contribution in [1.82, 2.24) is 5.32 Å². The first-order valence-corrected chi connectivity index (χ1v) is 7.80. The summed E-state index contributed by atoms with van der Waals surface area (Å²) in [6.45, 7) is 1.99. The van der Waals surface area contributed by atoms with Crippen molar-refractivity contribution < 1.29 is 14.3 Å². The second-order valence-corrected chi connectivity index (χ2v) is 5.55. The van der Waals surface area contributed by atoms with E-state index in [1.54, 1.807) is 38.4 Å². The molecule has 2 amide bonds. The lowest BCUT2D eigenvalue weighted by atomic mass is 9.97. The zero-order chi connectivity index (χ0) is 17.5. The van der Waals surface area contributed by atoms with Crippen LogP contribution in [-0.2, 0) is 4.79 Å². The Hall–Kier alpha value is -2.82. The average molecular weight is 326 g/mol. The highest BCUT2D eigenvalue weighted by molar-refractivity contribution is 6.03. The Labute approximate surface area is 142 Å². The van der Waals surface area contributed by atoms with E-state index < -0.39 is 0 Å². The number of benzene rings is 2. The van der Waals surface area contributed by atoms with E-state index in [0.717, 1.165) is 11.3 Å². The Balaban J connectivity index is 2.04. The fourth-order valence-corrected chi connectivity index (χ4v) is 2.45. The third kappa shape index (κ3) is 4.35. The number of hydrogen-bond donors (Lipinski definition) is 2. The van der Waals surface area contributed by atoms with Gasteiger partial charge in [-0.25, -0.2) is 0 Å². The molecule has 2 N–H and O–H groups in total. The highest BCUT2D eigenvalue weighted by Crippen LogP contribution is 2.23. The minimum absolute atomic E-state index is 0.0584. The molecule has 2 rings (SSSR count). The molecule has 2 aromatic carbocycles. The lowest BCUT2D eigenvalue weighted by Crippen LogP contribution is -2.22. The molecule has 5 nitrogen and oxygen atoms in total. The zero-order valence-electron chi connectivity index (χ0n) is 14.1. The molecule has 0 spiro atoms. The summed E-state index contributed by atoms with van der Waals surface area (Å²) >= 11 is 0. The zero-order valence-corrected chi connectivity index (χ0v) is 14.1. The number of nitrogens with one attached hydrogen (secondary N) is 2. The third-order valence-electron chi connectivity index (χ3n) is 3.85. The summed E-state index contributed by atoms with van der Waals surface area (Å²) in [7, 11) is 3.18. The van der Waals surface area contributed by atoms with Crippen LogP contribution in [0.1, 0.15) is 35.2 Å². The lowest BCUT2D eigenvalue weighted by molar-refractivity contribution is -0.116. The fraction of sp³-hybridized carbons (Fsp3) is 0.263. The second kappa shape index (κ2) is 8.15. The van der Waals surface area contributed by atoms with Crippen LogP contribution in [-0.4, -0.2) is 26.0 Å². The number of para-hydroxylation sites is 1. The van der Waals surface area contributed by atoms with Crippen molar-refractivity contribution in [3.05, 3.63) is 59.7 Å². The van der Waals surface area contributed by atoms with Crippen LogP contribution in [0.2, 0.25) is 0 Å². The van der Waals surface area contributed by atoms with Gasteiger partial charge in [0.1, 0.15) is 5.75 Å². The van der Waals surface area contributed by atoms with E-state index in [-0.39, 0.29) is 17.7 Å². The summed E-state index contributed by atoms with van der Waals surface area (Å²) < 4.78 is 5.14. The number of rotatable bonds is 6. The van der Waals surface area contributed by atoms with Crippen molar-refractivity contribution in [2.45, 2.75) is 19.3 Å². The molecule has 0 aliphatic carbocycles. The van der Waals surface area contributed by atoms with Crippen LogP contribution in [0.25, 0.3) is 0 Å². The molecule has 0 fully saturated rings. The van der Waals surface area contributed by atoms with Crippen molar-refractivity contribution in [3.8, 4) is 5.75 Å². The summed E-state index contributed by atoms with van der Waals surface area (Å²) in [4.78, 5) is 24.2. The van der Waals surface area contributed by atoms with E-state index in [2.05, 4.69) is 10.6 Å². The predicted molar refractivity (Wildman–Crippen MR) is 94.5 cm³/mol. The SMILES string of the molecule is CNC(=O)c1ccccc1NC(=O)CC(C)c1ccc(OC)cc1. The molecule has 0 saturated heterocycles. The van der Waals surface area contributed by atoms with E-state index in [1.807, 2.05) is 31.2 Å². The maximum absolute atomic E-state index is 12.3. The van der Waals surface area contributed by atoms with Gasteiger partial charge in [-0.1, -0.05) is 31.2 Å². The highest BCUT2D eigenvalue weighted by atomic mass is 16.5. The summed E-state index contributed by atoms with van der Waals surface area (Å²) in [5.74, 6) is 0.488. The number of anilines is 1. The lowest BCUT2D eigenvalue weighted by Gasteiger charge is -2.14. The van der Waals surface area contributed by atoms with Gasteiger partial charge in [-0.2, -0.15) is 0 Å². The van der Waals surface area contributed by atoms with E-state index >= 15 is 0 Å². The van der Waals surface area contributed by atoms with Crippen molar-refractivity contribution in [1.29, 1.82) is 0 Å². The number of carbonyl (C=O) groups is 2. The van der Waals surface area contributed by atoms with Gasteiger partial charge in [0, 0.05) is 13.5 Å². The van der Waals surface area contributed by atoms with E-state index in [9.17, 15) is 9.59 Å². The first kappa shape index (κ1) is 17.5. The maximum atomic E-state index is 12.3. The molecule has 5 heteroatoms. The Morgan fingerprint density at radius 1 is 1.08 bits per heavy atom. The molecule has 2 aromatic rings. The summed E-state index contributed by atoms with van der Waals surface area (Å²) in [6.07, 6.45) is 0.328. The van der Waals surface area contributed by atoms with E-state index in [4.69, 9.17) is 4.74 Å². The molecule has 0 aliphatic rings. The maximum Gasteiger partial charge on any atom is 0.253 e. The van der Waals surface area contributed by atoms with Gasteiger partial charge in [0.25, 0.3) is 5.91 Å². The number of methoxy groups -OCH3 is 1. The second-order valence-electron chi connectivity index (χ2n) is 5.55. The molecular weight excluding hydrogens is 304 g/mol. The molecule has 0 radical (unpaired) electrons. The predicted octanol–water partition coefficient (Wildman–Crippen LogP) is 3.19. The topological polar surface area (TPSA) is 67.4 Å². The molecule has 24 heavy (non-hydrogen) atoms. The Bertz CT molecular complexity index is 711. The monoisotopic (exact) mass is 326 g/mol. The molecule has 0 aliphatic heterocycles. The van der Waals surface area contributed by atoms with E-state index in [0.29, 0.717) is 17.7 Å². The van der Waals surface area contributed by atoms with Gasteiger partial charge < -0.3 is 15.4 Å². The van der Waals surface area contributed by atoms with Crippen LogP contribution in [0.5, 0.6) is 5.75 Å².